The van der Waals surface area contributed by atoms with E-state index in [0.29, 0.717) is 23.6 Å². The van der Waals surface area contributed by atoms with Gasteiger partial charge < -0.3 is 19.1 Å². The molecule has 6 heteroatoms. The van der Waals surface area contributed by atoms with Gasteiger partial charge in [-0.2, -0.15) is 8.78 Å². The number of alkyl halides is 2. The Morgan fingerprint density at radius 2 is 1.52 bits per heavy atom. The van der Waals surface area contributed by atoms with Crippen molar-refractivity contribution in [3.8, 4) is 28.4 Å². The van der Waals surface area contributed by atoms with Crippen LogP contribution in [0.5, 0.6) is 17.2 Å². The summed E-state index contributed by atoms with van der Waals surface area (Å²) < 4.78 is 43.7. The van der Waals surface area contributed by atoms with E-state index in [9.17, 15) is 8.78 Å². The van der Waals surface area contributed by atoms with Gasteiger partial charge in [0.2, 0.25) is 0 Å². The number of nitrogens with zero attached hydrogens (tertiary/aromatic N) is 1. The number of halogens is 2. The summed E-state index contributed by atoms with van der Waals surface area (Å²) in [7, 11) is 1.62. The van der Waals surface area contributed by atoms with Crippen molar-refractivity contribution in [1.29, 1.82) is 0 Å². The van der Waals surface area contributed by atoms with Crippen LogP contribution >= 0.6 is 0 Å². The zero-order valence-electron chi connectivity index (χ0n) is 21.8. The monoisotopic (exact) mass is 535 g/mol. The highest BCUT2D eigenvalue weighted by atomic mass is 19.3. The van der Waals surface area contributed by atoms with E-state index in [1.165, 1.54) is 0 Å². The summed E-state index contributed by atoms with van der Waals surface area (Å²) in [5.74, 6) is 1.26. The Balaban J connectivity index is 1.53. The molecule has 0 spiro atoms. The van der Waals surface area contributed by atoms with Crippen molar-refractivity contribution in [1.82, 2.24) is 0 Å². The van der Waals surface area contributed by atoms with E-state index in [4.69, 9.17) is 14.2 Å². The summed E-state index contributed by atoms with van der Waals surface area (Å²) in [5, 5.41) is 0. The van der Waals surface area contributed by atoms with E-state index in [0.717, 1.165) is 33.6 Å². The average Bonchev–Trinajstić information content (AvgIpc) is 3.00. The molecule has 1 aliphatic rings. The molecular weight excluding hydrogens is 508 g/mol. The van der Waals surface area contributed by atoms with Crippen molar-refractivity contribution in [3.63, 3.8) is 0 Å². The first-order chi connectivity index (χ1) is 19.6. The van der Waals surface area contributed by atoms with Crippen LogP contribution < -0.4 is 19.1 Å². The van der Waals surface area contributed by atoms with E-state index in [2.05, 4.69) is 35.2 Å². The van der Waals surface area contributed by atoms with Gasteiger partial charge in [0.1, 0.15) is 23.4 Å². The maximum Gasteiger partial charge on any atom is 0.387 e. The van der Waals surface area contributed by atoms with Crippen molar-refractivity contribution < 1.29 is 23.0 Å². The molecule has 1 heterocycles. The molecule has 0 saturated heterocycles. The maximum absolute atomic E-state index is 13.4. The van der Waals surface area contributed by atoms with Crippen LogP contribution in [0.4, 0.5) is 20.2 Å². The minimum atomic E-state index is -2.95. The summed E-state index contributed by atoms with van der Waals surface area (Å²) in [5.41, 5.74) is 6.15. The largest absolute Gasteiger partial charge is 0.497 e. The van der Waals surface area contributed by atoms with Crippen LogP contribution in [-0.4, -0.2) is 13.7 Å². The quantitative estimate of drug-likeness (QED) is 0.199. The highest BCUT2D eigenvalue weighted by molar-refractivity contribution is 5.84. The number of hydrogen-bond acceptors (Lipinski definition) is 4. The lowest BCUT2D eigenvalue weighted by Gasteiger charge is -2.32. The van der Waals surface area contributed by atoms with Crippen molar-refractivity contribution in [2.24, 2.45) is 0 Å². The van der Waals surface area contributed by atoms with Gasteiger partial charge in [0, 0.05) is 29.0 Å². The Morgan fingerprint density at radius 1 is 0.775 bits per heavy atom. The normalized spacial score (nSPS) is 13.7. The number of para-hydroxylation sites is 1. The molecule has 0 amide bonds. The molecule has 0 fully saturated rings. The van der Waals surface area contributed by atoms with Gasteiger partial charge in [-0.3, -0.25) is 0 Å². The summed E-state index contributed by atoms with van der Waals surface area (Å²) in [6.07, 6.45) is -0.492. The van der Waals surface area contributed by atoms with E-state index in [1.54, 1.807) is 25.3 Å². The topological polar surface area (TPSA) is 30.9 Å². The van der Waals surface area contributed by atoms with Gasteiger partial charge in [0.15, 0.2) is 0 Å². The molecule has 0 aliphatic carbocycles. The summed E-state index contributed by atoms with van der Waals surface area (Å²) >= 11 is 0. The first-order valence-corrected chi connectivity index (χ1v) is 13.0. The molecule has 0 aromatic heterocycles. The molecule has 1 atom stereocenters. The lowest BCUT2D eigenvalue weighted by molar-refractivity contribution is -0.0496. The average molecular weight is 536 g/mol. The Kier molecular flexibility index (Phi) is 7.06. The molecule has 4 nitrogen and oxygen atoms in total. The molecular formula is C34H27F2NO3. The van der Waals surface area contributed by atoms with Crippen molar-refractivity contribution in [3.05, 3.63) is 138 Å². The Labute approximate surface area is 232 Å². The third kappa shape index (κ3) is 5.08. The van der Waals surface area contributed by atoms with Gasteiger partial charge >= 0.3 is 6.61 Å². The molecule has 0 radical (unpaired) electrons. The van der Waals surface area contributed by atoms with Crippen molar-refractivity contribution in [2.45, 2.75) is 19.3 Å². The predicted octanol–water partition coefficient (Wildman–Crippen LogP) is 8.78. The van der Waals surface area contributed by atoms with Crippen LogP contribution in [0.1, 0.15) is 22.8 Å². The second-order valence-electron chi connectivity index (χ2n) is 9.46. The standard InChI is InChI=1S/C34H27F2NO3/c1-38-27-15-8-12-24(20-27)33-29-21-26(37(25-13-6-3-7-14-25)22-23-10-4-2-5-11-23)18-19-28(29)32-30(39-33)16-9-17-31(32)40-34(35)36/h2-21,33-34H,22H2,1H3. The maximum atomic E-state index is 13.4. The SMILES string of the molecule is COc1cccc(C2Oc3cccc(OC(F)F)c3-c3ccc(N(Cc4ccccc4)c4ccccc4)cc32)c1. The number of hydrogen-bond donors (Lipinski definition) is 0. The molecule has 5 aromatic rings. The van der Waals surface area contributed by atoms with Gasteiger partial charge in [-0.1, -0.05) is 72.8 Å². The molecule has 0 bridgehead atoms. The number of rotatable bonds is 8. The lowest BCUT2D eigenvalue weighted by Crippen LogP contribution is -2.20. The number of fused-ring (bicyclic) bond motifs is 3. The number of benzene rings is 5. The zero-order chi connectivity index (χ0) is 27.5. The first kappa shape index (κ1) is 25.4. The molecule has 40 heavy (non-hydrogen) atoms. The second-order valence-corrected chi connectivity index (χ2v) is 9.46. The van der Waals surface area contributed by atoms with Crippen molar-refractivity contribution in [2.75, 3.05) is 12.0 Å². The Morgan fingerprint density at radius 3 is 2.27 bits per heavy atom. The van der Waals surface area contributed by atoms with Crippen LogP contribution in [0.3, 0.4) is 0 Å². The molecule has 0 N–H and O–H groups in total. The molecule has 1 unspecified atom stereocenters. The van der Waals surface area contributed by atoms with Crippen LogP contribution in [-0.2, 0) is 6.54 Å². The molecule has 5 aromatic carbocycles. The summed E-state index contributed by atoms with van der Waals surface area (Å²) in [6, 6.07) is 39.2. The second kappa shape index (κ2) is 11.1. The highest BCUT2D eigenvalue weighted by Gasteiger charge is 2.31. The Bertz CT molecular complexity index is 1610. The van der Waals surface area contributed by atoms with Gasteiger partial charge in [0.25, 0.3) is 0 Å². The lowest BCUT2D eigenvalue weighted by atomic mass is 9.88. The molecule has 200 valence electrons. The van der Waals surface area contributed by atoms with E-state index in [-0.39, 0.29) is 5.75 Å². The summed E-state index contributed by atoms with van der Waals surface area (Å²) in [6.45, 7) is -2.31. The Hall–Kier alpha value is -4.84. The number of anilines is 2. The van der Waals surface area contributed by atoms with Gasteiger partial charge in [-0.05, 0) is 59.7 Å². The number of methoxy groups -OCH3 is 1. The van der Waals surface area contributed by atoms with E-state index in [1.807, 2.05) is 72.8 Å². The highest BCUT2D eigenvalue weighted by Crippen LogP contribution is 2.50. The number of ether oxygens (including phenoxy) is 3. The van der Waals surface area contributed by atoms with E-state index >= 15 is 0 Å². The van der Waals surface area contributed by atoms with Gasteiger partial charge in [0.05, 0.1) is 12.7 Å². The van der Waals surface area contributed by atoms with Crippen LogP contribution in [0.25, 0.3) is 11.1 Å². The predicted molar refractivity (Wildman–Crippen MR) is 153 cm³/mol. The first-order valence-electron chi connectivity index (χ1n) is 13.0. The fraction of sp³-hybridized carbons (Fsp3) is 0.118. The van der Waals surface area contributed by atoms with Crippen LogP contribution in [0, 0.1) is 0 Å². The fourth-order valence-corrected chi connectivity index (χ4v) is 5.18. The summed E-state index contributed by atoms with van der Waals surface area (Å²) in [4.78, 5) is 2.23. The molecule has 1 aliphatic heterocycles. The smallest absolute Gasteiger partial charge is 0.387 e. The van der Waals surface area contributed by atoms with E-state index < -0.39 is 12.7 Å². The third-order valence-electron chi connectivity index (χ3n) is 7.00. The molecule has 6 rings (SSSR count). The van der Waals surface area contributed by atoms with Crippen LogP contribution in [0.15, 0.2) is 121 Å². The van der Waals surface area contributed by atoms with Crippen molar-refractivity contribution >= 4 is 11.4 Å². The minimum Gasteiger partial charge on any atom is -0.497 e. The van der Waals surface area contributed by atoms with Crippen LogP contribution in [0.2, 0.25) is 0 Å². The zero-order valence-corrected chi connectivity index (χ0v) is 21.8. The fourth-order valence-electron chi connectivity index (χ4n) is 5.18. The van der Waals surface area contributed by atoms with Gasteiger partial charge in [-0.25, -0.2) is 0 Å². The molecule has 0 saturated carbocycles. The van der Waals surface area contributed by atoms with Gasteiger partial charge in [-0.15, -0.1) is 0 Å². The minimum absolute atomic E-state index is 0.0785. The third-order valence-corrected chi connectivity index (χ3v) is 7.00.